The number of aromatic amines is 2. The fourth-order valence-corrected chi connectivity index (χ4v) is 5.59. The van der Waals surface area contributed by atoms with Gasteiger partial charge in [-0.05, 0) is 60.6 Å². The van der Waals surface area contributed by atoms with Crippen LogP contribution in [0.4, 0.5) is 5.82 Å². The Kier molecular flexibility index (Phi) is 5.88. The van der Waals surface area contributed by atoms with Gasteiger partial charge in [-0.15, -0.1) is 0 Å². The lowest BCUT2D eigenvalue weighted by atomic mass is 9.80. The summed E-state index contributed by atoms with van der Waals surface area (Å²) in [5.41, 5.74) is 18.3. The summed E-state index contributed by atoms with van der Waals surface area (Å²) in [5.74, 6) is 0.651. The quantitative estimate of drug-likeness (QED) is 0.265. The van der Waals surface area contributed by atoms with Crippen LogP contribution in [-0.4, -0.2) is 31.1 Å². The first-order valence-corrected chi connectivity index (χ1v) is 12.6. The zero-order chi connectivity index (χ0) is 25.5. The highest BCUT2D eigenvalue weighted by Gasteiger charge is 2.30. The topological polar surface area (TPSA) is 139 Å². The van der Waals surface area contributed by atoms with Crippen LogP contribution in [0.3, 0.4) is 0 Å². The van der Waals surface area contributed by atoms with E-state index in [4.69, 9.17) is 33.0 Å². The number of fused-ring (bicyclic) bond motifs is 2. The number of primary amides is 1. The third-order valence-corrected chi connectivity index (χ3v) is 7.56. The molecule has 1 amide bonds. The van der Waals surface area contributed by atoms with Gasteiger partial charge in [0.2, 0.25) is 5.91 Å². The molecule has 2 atom stereocenters. The van der Waals surface area contributed by atoms with Crippen LogP contribution >= 0.6 is 11.6 Å². The van der Waals surface area contributed by atoms with Crippen LogP contribution in [0.25, 0.3) is 22.2 Å². The van der Waals surface area contributed by atoms with E-state index in [-0.39, 0.29) is 17.7 Å². The van der Waals surface area contributed by atoms with E-state index in [0.717, 1.165) is 46.4 Å². The highest BCUT2D eigenvalue weighted by molar-refractivity contribution is 6.32. The van der Waals surface area contributed by atoms with Crippen molar-refractivity contribution in [2.24, 2.45) is 11.7 Å². The average molecular weight is 512 g/mol. The molecule has 3 aromatic heterocycles. The molecule has 0 radical (unpaired) electrons. The van der Waals surface area contributed by atoms with E-state index in [2.05, 4.69) is 27.3 Å². The van der Waals surface area contributed by atoms with E-state index in [9.17, 15) is 4.79 Å². The van der Waals surface area contributed by atoms with Gasteiger partial charge in [0, 0.05) is 23.1 Å². The Morgan fingerprint density at radius 3 is 2.81 bits per heavy atom. The number of nitrogens with one attached hydrogen (secondary N) is 2. The van der Waals surface area contributed by atoms with Gasteiger partial charge in [-0.3, -0.25) is 14.9 Å². The maximum atomic E-state index is 11.9. The Balaban J connectivity index is 1.44. The number of hydrogen-bond acceptors (Lipinski definition) is 5. The number of nitrogens with zero attached hydrogens (tertiary/aromatic N) is 3. The zero-order valence-corrected chi connectivity index (χ0v) is 20.8. The number of hydrogen-bond donors (Lipinski definition) is 4. The fraction of sp³-hybridized carbons (Fsp3) is 0.214. The summed E-state index contributed by atoms with van der Waals surface area (Å²) in [6, 6.07) is 18.1. The molecule has 0 bridgehead atoms. The van der Waals surface area contributed by atoms with Gasteiger partial charge >= 0.3 is 0 Å². The second-order valence-electron chi connectivity index (χ2n) is 9.57. The number of aromatic nitrogens is 5. The number of carbonyl (C=O) groups excluding carboxylic acids is 1. The van der Waals surface area contributed by atoms with Gasteiger partial charge in [0.15, 0.2) is 5.82 Å². The number of benzene rings is 2. The summed E-state index contributed by atoms with van der Waals surface area (Å²) in [6.45, 7) is 0. The fourth-order valence-electron chi connectivity index (χ4n) is 5.35. The summed E-state index contributed by atoms with van der Waals surface area (Å²) in [5, 5.41) is 8.35. The molecule has 1 aliphatic carbocycles. The first-order valence-electron chi connectivity index (χ1n) is 12.3. The van der Waals surface area contributed by atoms with E-state index < -0.39 is 0 Å². The Labute approximate surface area is 218 Å². The molecule has 0 fully saturated rings. The highest BCUT2D eigenvalue weighted by Crippen LogP contribution is 2.37. The SMILES string of the molecule is NC(=O)C1CCc2c(ccnc2[C@H](Cc2ccccc2)c2nc(-c3ccc4c(N)n[nH]c4c3)c(Cl)[nH]2)C1. The van der Waals surface area contributed by atoms with Crippen molar-refractivity contribution >= 4 is 34.2 Å². The summed E-state index contributed by atoms with van der Waals surface area (Å²) in [4.78, 5) is 25.0. The first-order chi connectivity index (χ1) is 18.0. The molecule has 0 saturated carbocycles. The monoisotopic (exact) mass is 511 g/mol. The number of amides is 1. The Morgan fingerprint density at radius 2 is 2.00 bits per heavy atom. The van der Waals surface area contributed by atoms with Crippen LogP contribution < -0.4 is 11.5 Å². The second kappa shape index (κ2) is 9.37. The van der Waals surface area contributed by atoms with E-state index in [1.807, 2.05) is 48.7 Å². The normalized spacial score (nSPS) is 16.0. The van der Waals surface area contributed by atoms with Gasteiger partial charge in [-0.25, -0.2) is 4.98 Å². The minimum absolute atomic E-state index is 0.147. The van der Waals surface area contributed by atoms with Crippen molar-refractivity contribution in [2.45, 2.75) is 31.6 Å². The maximum absolute atomic E-state index is 11.9. The Hall–Kier alpha value is -4.17. The number of nitrogens with two attached hydrogens (primary N) is 2. The lowest BCUT2D eigenvalue weighted by molar-refractivity contribution is -0.122. The number of nitrogen functional groups attached to an aromatic ring is 1. The standard InChI is InChI=1S/C28H26ClN7O/c29-25-23(17-6-9-20-22(14-17)35-36-26(20)30)33-28(34-25)21(12-15-4-2-1-3-5-15)24-19-8-7-18(27(31)37)13-16(19)10-11-32-24/h1-6,9-11,14,18,21H,7-8,12-13H2,(H2,31,37)(H,33,34)(H3,30,35,36)/t18?,21-/m0/s1. The van der Waals surface area contributed by atoms with Crippen molar-refractivity contribution in [2.75, 3.05) is 5.73 Å². The van der Waals surface area contributed by atoms with E-state index in [0.29, 0.717) is 29.5 Å². The lowest BCUT2D eigenvalue weighted by Crippen LogP contribution is -2.29. The molecule has 5 aromatic rings. The lowest BCUT2D eigenvalue weighted by Gasteiger charge is -2.26. The van der Waals surface area contributed by atoms with Gasteiger partial charge in [0.05, 0.1) is 17.1 Å². The van der Waals surface area contributed by atoms with Crippen LogP contribution in [0.2, 0.25) is 5.15 Å². The molecule has 3 heterocycles. The number of halogens is 1. The van der Waals surface area contributed by atoms with Crippen molar-refractivity contribution in [1.82, 2.24) is 25.1 Å². The summed E-state index contributed by atoms with van der Waals surface area (Å²) < 4.78 is 0. The van der Waals surface area contributed by atoms with E-state index >= 15 is 0 Å². The number of H-pyrrole nitrogens is 2. The second-order valence-corrected chi connectivity index (χ2v) is 9.95. The van der Waals surface area contributed by atoms with E-state index in [1.54, 1.807) is 0 Å². The van der Waals surface area contributed by atoms with Gasteiger partial charge in [-0.2, -0.15) is 5.10 Å². The van der Waals surface area contributed by atoms with Crippen LogP contribution in [-0.2, 0) is 24.1 Å². The summed E-state index contributed by atoms with van der Waals surface area (Å²) in [7, 11) is 0. The van der Waals surface area contributed by atoms with Crippen molar-refractivity contribution in [3.05, 3.63) is 94.2 Å². The molecule has 2 aromatic carbocycles. The van der Waals surface area contributed by atoms with Crippen molar-refractivity contribution in [1.29, 1.82) is 0 Å². The van der Waals surface area contributed by atoms with Crippen molar-refractivity contribution in [3.8, 4) is 11.3 Å². The molecule has 1 aliphatic rings. The molecule has 0 saturated heterocycles. The molecule has 1 unspecified atom stereocenters. The average Bonchev–Trinajstić information content (AvgIpc) is 3.49. The smallest absolute Gasteiger partial charge is 0.220 e. The summed E-state index contributed by atoms with van der Waals surface area (Å²) >= 11 is 6.73. The first kappa shape index (κ1) is 23.2. The molecule has 186 valence electrons. The molecular formula is C28H26ClN7O. The predicted octanol–water partition coefficient (Wildman–Crippen LogP) is 4.55. The molecule has 37 heavy (non-hydrogen) atoms. The molecule has 6 rings (SSSR count). The molecule has 9 heteroatoms. The number of anilines is 1. The molecule has 0 aliphatic heterocycles. The van der Waals surface area contributed by atoms with Crippen LogP contribution in [0.5, 0.6) is 0 Å². The zero-order valence-electron chi connectivity index (χ0n) is 20.0. The number of pyridine rings is 1. The minimum atomic E-state index is -0.247. The van der Waals surface area contributed by atoms with Gasteiger partial charge < -0.3 is 16.5 Å². The van der Waals surface area contributed by atoms with Crippen LogP contribution in [0, 0.1) is 5.92 Å². The van der Waals surface area contributed by atoms with E-state index in [1.165, 1.54) is 11.1 Å². The molecular weight excluding hydrogens is 486 g/mol. The number of imidazole rings is 1. The number of carbonyl (C=O) groups is 1. The van der Waals surface area contributed by atoms with Crippen molar-refractivity contribution in [3.63, 3.8) is 0 Å². The Bertz CT molecular complexity index is 1610. The third kappa shape index (κ3) is 4.34. The maximum Gasteiger partial charge on any atom is 0.220 e. The number of rotatable bonds is 6. The van der Waals surface area contributed by atoms with Crippen LogP contribution in [0.1, 0.15) is 40.5 Å². The molecule has 0 spiro atoms. The molecule has 8 nitrogen and oxygen atoms in total. The van der Waals surface area contributed by atoms with Gasteiger partial charge in [0.25, 0.3) is 0 Å². The van der Waals surface area contributed by atoms with Crippen LogP contribution in [0.15, 0.2) is 60.8 Å². The summed E-state index contributed by atoms with van der Waals surface area (Å²) in [6.07, 6.45) is 4.61. The predicted molar refractivity (Wildman–Crippen MR) is 144 cm³/mol. The largest absolute Gasteiger partial charge is 0.382 e. The van der Waals surface area contributed by atoms with Gasteiger partial charge in [0.1, 0.15) is 16.7 Å². The highest BCUT2D eigenvalue weighted by atomic mass is 35.5. The van der Waals surface area contributed by atoms with Gasteiger partial charge in [-0.1, -0.05) is 48.0 Å². The Morgan fingerprint density at radius 1 is 1.16 bits per heavy atom. The minimum Gasteiger partial charge on any atom is -0.382 e. The third-order valence-electron chi connectivity index (χ3n) is 7.28. The van der Waals surface area contributed by atoms with Crippen molar-refractivity contribution < 1.29 is 4.79 Å². The molecule has 6 N–H and O–H groups in total.